The minimum atomic E-state index is 0.0985. The maximum atomic E-state index is 3.64. The van der Waals surface area contributed by atoms with E-state index < -0.39 is 0 Å². The summed E-state index contributed by atoms with van der Waals surface area (Å²) in [6.07, 6.45) is 0. The Morgan fingerprint density at radius 3 is 1.90 bits per heavy atom. The molecule has 0 amide bonds. The van der Waals surface area contributed by atoms with Gasteiger partial charge in [0.2, 0.25) is 0 Å². The van der Waals surface area contributed by atoms with Crippen LogP contribution in [0.3, 0.4) is 0 Å². The topological polar surface area (TPSA) is 0 Å². The molecule has 0 aromatic heterocycles. The Hall–Kier alpha value is -0.430. The lowest BCUT2D eigenvalue weighted by Gasteiger charge is -2.10. The van der Waals surface area contributed by atoms with Crippen molar-refractivity contribution in [2.75, 3.05) is 0 Å². The van der Waals surface area contributed by atoms with Crippen molar-refractivity contribution in [1.82, 2.24) is 0 Å². The van der Waals surface area contributed by atoms with Crippen molar-refractivity contribution in [2.24, 2.45) is 0 Å². The lowest BCUT2D eigenvalue weighted by molar-refractivity contribution is 0.789. The molecule has 1 rings (SSSR count). The van der Waals surface area contributed by atoms with Crippen LogP contribution in [-0.2, 0) is 17.4 Å². The van der Waals surface area contributed by atoms with Gasteiger partial charge in [-0.3, -0.25) is 0 Å². The van der Waals surface area contributed by atoms with Gasteiger partial charge in [-0.05, 0) is 26.5 Å². The SMILES string of the molecule is CC(C)([SH2+])c1ccccc1. The summed E-state index contributed by atoms with van der Waals surface area (Å²) in [5, 5.41) is 0. The second-order valence-electron chi connectivity index (χ2n) is 2.99. The highest BCUT2D eigenvalue weighted by Crippen LogP contribution is 2.19. The lowest BCUT2D eigenvalue weighted by Crippen LogP contribution is -2.11. The third-order valence-corrected chi connectivity index (χ3v) is 1.78. The summed E-state index contributed by atoms with van der Waals surface area (Å²) in [6.45, 7) is 4.28. The van der Waals surface area contributed by atoms with E-state index in [9.17, 15) is 0 Å². The van der Waals surface area contributed by atoms with Crippen LogP contribution < -0.4 is 0 Å². The van der Waals surface area contributed by atoms with Gasteiger partial charge in [-0.1, -0.05) is 30.3 Å². The van der Waals surface area contributed by atoms with E-state index in [0.29, 0.717) is 0 Å². The van der Waals surface area contributed by atoms with E-state index in [1.165, 1.54) is 5.56 Å². The molecule has 1 aromatic carbocycles. The molecule has 0 fully saturated rings. The maximum Gasteiger partial charge on any atom is 0.143 e. The molecule has 1 aromatic rings. The zero-order valence-corrected chi connectivity index (χ0v) is 7.39. The molecule has 0 atom stereocenters. The molecule has 0 saturated heterocycles. The highest BCUT2D eigenvalue weighted by Gasteiger charge is 2.19. The fourth-order valence-corrected chi connectivity index (χ4v) is 1.02. The van der Waals surface area contributed by atoms with Crippen molar-refractivity contribution in [1.29, 1.82) is 0 Å². The minimum Gasteiger partial charge on any atom is -0.0622 e. The fraction of sp³-hybridized carbons (Fsp3) is 0.333. The van der Waals surface area contributed by atoms with Crippen LogP contribution in [0.2, 0.25) is 0 Å². The Bertz CT molecular complexity index is 196. The minimum absolute atomic E-state index is 0.0985. The first-order valence-electron chi connectivity index (χ1n) is 3.41. The molecule has 0 unspecified atom stereocenters. The fourth-order valence-electron chi connectivity index (χ4n) is 0.855. The van der Waals surface area contributed by atoms with Crippen molar-refractivity contribution in [3.8, 4) is 0 Å². The largest absolute Gasteiger partial charge is 0.143 e. The van der Waals surface area contributed by atoms with Gasteiger partial charge < -0.3 is 0 Å². The summed E-state index contributed by atoms with van der Waals surface area (Å²) >= 11 is 3.64. The number of benzene rings is 1. The molecule has 0 bridgehead atoms. The van der Waals surface area contributed by atoms with Crippen LogP contribution in [0, 0.1) is 0 Å². The third kappa shape index (κ3) is 1.77. The zero-order chi connectivity index (χ0) is 7.61. The molecule has 0 aliphatic carbocycles. The van der Waals surface area contributed by atoms with Crippen LogP contribution in [0.15, 0.2) is 30.3 Å². The quantitative estimate of drug-likeness (QED) is 0.541. The summed E-state index contributed by atoms with van der Waals surface area (Å²) in [7, 11) is 0. The van der Waals surface area contributed by atoms with Gasteiger partial charge in [-0.15, -0.1) is 0 Å². The van der Waals surface area contributed by atoms with Gasteiger partial charge in [0.05, 0.1) is 0 Å². The molecule has 0 heterocycles. The van der Waals surface area contributed by atoms with Gasteiger partial charge in [0.1, 0.15) is 4.75 Å². The first-order valence-corrected chi connectivity index (χ1v) is 3.91. The Kier molecular flexibility index (Phi) is 2.05. The molecule has 0 spiro atoms. The molecule has 0 aliphatic heterocycles. The first-order chi connectivity index (χ1) is 4.61. The van der Waals surface area contributed by atoms with Crippen molar-refractivity contribution >= 4 is 12.6 Å². The van der Waals surface area contributed by atoms with E-state index >= 15 is 0 Å². The van der Waals surface area contributed by atoms with E-state index in [-0.39, 0.29) is 4.75 Å². The molecule has 0 nitrogen and oxygen atoms in total. The molecule has 54 valence electrons. The molecule has 0 N–H and O–H groups in total. The Labute approximate surface area is 67.7 Å². The molecular formula is C9H13S+. The van der Waals surface area contributed by atoms with Crippen LogP contribution in [0.5, 0.6) is 0 Å². The predicted molar refractivity (Wildman–Crippen MR) is 49.6 cm³/mol. The highest BCUT2D eigenvalue weighted by molar-refractivity contribution is 7.59. The lowest BCUT2D eigenvalue weighted by atomic mass is 10.0. The van der Waals surface area contributed by atoms with E-state index in [0.717, 1.165) is 0 Å². The van der Waals surface area contributed by atoms with Gasteiger partial charge >= 0.3 is 0 Å². The second-order valence-corrected chi connectivity index (χ2v) is 4.24. The molecule has 1 heteroatoms. The molecule has 0 aliphatic rings. The average molecular weight is 153 g/mol. The standard InChI is InChI=1S/C9H12S/c1-9(2,10)8-6-4-3-5-7-8/h3-7,10H,1-2H3/p+1. The van der Waals surface area contributed by atoms with E-state index in [1.54, 1.807) is 0 Å². The normalized spacial score (nSPS) is 11.5. The molecule has 10 heavy (non-hydrogen) atoms. The summed E-state index contributed by atoms with van der Waals surface area (Å²) in [5.41, 5.74) is 1.31. The Morgan fingerprint density at radius 2 is 1.60 bits per heavy atom. The smallest absolute Gasteiger partial charge is 0.0622 e. The van der Waals surface area contributed by atoms with E-state index in [2.05, 4.69) is 50.7 Å². The van der Waals surface area contributed by atoms with Crippen LogP contribution in [-0.4, -0.2) is 0 Å². The van der Waals surface area contributed by atoms with E-state index in [4.69, 9.17) is 0 Å². The van der Waals surface area contributed by atoms with Crippen LogP contribution >= 0.6 is 0 Å². The number of rotatable bonds is 1. The Morgan fingerprint density at radius 1 is 1.10 bits per heavy atom. The monoisotopic (exact) mass is 153 g/mol. The molecule has 0 radical (unpaired) electrons. The van der Waals surface area contributed by atoms with Crippen molar-refractivity contribution in [2.45, 2.75) is 18.6 Å². The maximum absolute atomic E-state index is 3.64. The third-order valence-electron chi connectivity index (χ3n) is 1.50. The van der Waals surface area contributed by atoms with Crippen molar-refractivity contribution in [3.63, 3.8) is 0 Å². The van der Waals surface area contributed by atoms with Crippen LogP contribution in [0.1, 0.15) is 19.4 Å². The van der Waals surface area contributed by atoms with Gasteiger partial charge in [0, 0.05) is 5.56 Å². The summed E-state index contributed by atoms with van der Waals surface area (Å²) < 4.78 is 0.0985. The second kappa shape index (κ2) is 2.67. The first kappa shape index (κ1) is 7.67. The zero-order valence-electron chi connectivity index (χ0n) is 6.39. The molecule has 0 saturated carbocycles. The van der Waals surface area contributed by atoms with Crippen LogP contribution in [0.25, 0.3) is 0 Å². The van der Waals surface area contributed by atoms with Gasteiger partial charge in [-0.25, -0.2) is 0 Å². The van der Waals surface area contributed by atoms with Gasteiger partial charge in [0.25, 0.3) is 0 Å². The Balaban J connectivity index is 2.97. The molecular weight excluding hydrogens is 140 g/mol. The average Bonchev–Trinajstić information content (AvgIpc) is 1.88. The summed E-state index contributed by atoms with van der Waals surface area (Å²) in [5.74, 6) is 0. The summed E-state index contributed by atoms with van der Waals surface area (Å²) in [4.78, 5) is 0. The van der Waals surface area contributed by atoms with Crippen LogP contribution in [0.4, 0.5) is 0 Å². The van der Waals surface area contributed by atoms with Crippen molar-refractivity contribution in [3.05, 3.63) is 35.9 Å². The number of hydrogen-bond acceptors (Lipinski definition) is 0. The van der Waals surface area contributed by atoms with E-state index in [1.807, 2.05) is 6.07 Å². The number of hydrogen-bond donors (Lipinski definition) is 0. The van der Waals surface area contributed by atoms with Gasteiger partial charge in [-0.2, -0.15) is 0 Å². The predicted octanol–water partition coefficient (Wildman–Crippen LogP) is 1.93. The highest BCUT2D eigenvalue weighted by atomic mass is 32.1. The van der Waals surface area contributed by atoms with Crippen molar-refractivity contribution < 1.29 is 0 Å². The van der Waals surface area contributed by atoms with Gasteiger partial charge in [0.15, 0.2) is 0 Å². The summed E-state index contributed by atoms with van der Waals surface area (Å²) in [6, 6.07) is 10.4.